The van der Waals surface area contributed by atoms with Crippen LogP contribution in [0.25, 0.3) is 0 Å². The first-order valence-corrected chi connectivity index (χ1v) is 7.95. The fourth-order valence-electron chi connectivity index (χ4n) is 1.61. The second-order valence-electron chi connectivity index (χ2n) is 4.08. The highest BCUT2D eigenvalue weighted by Crippen LogP contribution is 2.25. The van der Waals surface area contributed by atoms with Crippen molar-refractivity contribution in [1.82, 2.24) is 14.9 Å². The number of sulfonamides is 1. The highest BCUT2D eigenvalue weighted by atomic mass is 79.9. The summed E-state index contributed by atoms with van der Waals surface area (Å²) in [6.45, 7) is 1.93. The largest absolute Gasteiger partial charge is 0.343 e. The van der Waals surface area contributed by atoms with Crippen molar-refractivity contribution in [2.45, 2.75) is 24.9 Å². The highest BCUT2D eigenvalue weighted by molar-refractivity contribution is 9.10. The van der Waals surface area contributed by atoms with E-state index in [9.17, 15) is 8.42 Å². The summed E-state index contributed by atoms with van der Waals surface area (Å²) in [7, 11) is -3.68. The van der Waals surface area contributed by atoms with Gasteiger partial charge in [-0.05, 0) is 30.2 Å². The van der Waals surface area contributed by atoms with Crippen LogP contribution >= 0.6 is 15.9 Å². The summed E-state index contributed by atoms with van der Waals surface area (Å²) in [5, 5.41) is 3.54. The molecule has 0 aliphatic rings. The lowest BCUT2D eigenvalue weighted by molar-refractivity contribution is 0.409. The Balaban J connectivity index is 2.31. The monoisotopic (exact) mass is 360 g/mol. The molecule has 2 rings (SSSR count). The topological polar surface area (TPSA) is 111 Å². The number of hydrogen-bond acceptors (Lipinski definition) is 6. The number of nitrogens with one attached hydrogen (secondary N) is 1. The molecule has 1 aromatic carbocycles. The molecule has 0 saturated carbocycles. The molecule has 1 heterocycles. The van der Waals surface area contributed by atoms with Crippen LogP contribution in [0.5, 0.6) is 0 Å². The Morgan fingerprint density at radius 2 is 2.20 bits per heavy atom. The molecule has 3 N–H and O–H groups in total. The Kier molecular flexibility index (Phi) is 4.53. The van der Waals surface area contributed by atoms with Gasteiger partial charge in [0.2, 0.25) is 16.4 Å². The normalized spacial score (nSPS) is 11.8. The molecular weight excluding hydrogens is 348 g/mol. The molecule has 0 fully saturated rings. The predicted molar refractivity (Wildman–Crippen MR) is 75.1 cm³/mol. The lowest BCUT2D eigenvalue weighted by atomic mass is 10.1. The van der Waals surface area contributed by atoms with E-state index < -0.39 is 10.0 Å². The molecule has 20 heavy (non-hydrogen) atoms. The van der Waals surface area contributed by atoms with Gasteiger partial charge in [0.1, 0.15) is 0 Å². The fraction of sp³-hybridized carbons (Fsp3) is 0.273. The number of benzene rings is 1. The molecule has 0 saturated heterocycles. The van der Waals surface area contributed by atoms with E-state index in [2.05, 4.69) is 35.3 Å². The molecule has 108 valence electrons. The van der Waals surface area contributed by atoms with Gasteiger partial charge in [-0.1, -0.05) is 21.1 Å². The van der Waals surface area contributed by atoms with Crippen molar-refractivity contribution in [2.75, 3.05) is 0 Å². The van der Waals surface area contributed by atoms with Crippen LogP contribution in [-0.2, 0) is 23.1 Å². The van der Waals surface area contributed by atoms with E-state index in [1.54, 1.807) is 19.1 Å². The van der Waals surface area contributed by atoms with Crippen molar-refractivity contribution in [3.05, 3.63) is 40.0 Å². The zero-order valence-corrected chi connectivity index (χ0v) is 13.0. The number of nitrogens with two attached hydrogens (primary N) is 1. The van der Waals surface area contributed by atoms with Gasteiger partial charge in [0.25, 0.3) is 0 Å². The molecule has 0 unspecified atom stereocenters. The molecule has 0 atom stereocenters. The minimum absolute atomic E-state index is 0.0389. The third-order valence-corrected chi connectivity index (χ3v) is 5.06. The second-order valence-corrected chi connectivity index (χ2v) is 6.67. The average molecular weight is 361 g/mol. The fourth-order valence-corrected chi connectivity index (χ4v) is 3.54. The summed E-state index contributed by atoms with van der Waals surface area (Å²) in [5.41, 5.74) is 6.90. The number of hydrogen-bond donors (Lipinski definition) is 2. The average Bonchev–Trinajstić information content (AvgIpc) is 2.92. The van der Waals surface area contributed by atoms with Crippen molar-refractivity contribution in [1.29, 1.82) is 0 Å². The second kappa shape index (κ2) is 6.00. The van der Waals surface area contributed by atoms with Gasteiger partial charge in [-0.2, -0.15) is 4.98 Å². The molecule has 0 aliphatic carbocycles. The van der Waals surface area contributed by atoms with Gasteiger partial charge in [-0.25, -0.2) is 13.1 Å². The quantitative estimate of drug-likeness (QED) is 0.824. The zero-order valence-electron chi connectivity index (χ0n) is 10.6. The van der Waals surface area contributed by atoms with Gasteiger partial charge in [-0.3, -0.25) is 0 Å². The first kappa shape index (κ1) is 15.1. The summed E-state index contributed by atoms with van der Waals surface area (Å²) in [6, 6.07) is 3.35. The maximum Gasteiger partial charge on any atom is 0.241 e. The van der Waals surface area contributed by atoms with Gasteiger partial charge >= 0.3 is 0 Å². The summed E-state index contributed by atoms with van der Waals surface area (Å²) in [5.74, 6) is 0.264. The SMILES string of the molecule is Cc1c(Br)cc(CN)cc1S(=O)(=O)NCc1ncon1. The van der Waals surface area contributed by atoms with Crippen molar-refractivity contribution in [2.24, 2.45) is 5.73 Å². The lowest BCUT2D eigenvalue weighted by Gasteiger charge is -2.11. The minimum Gasteiger partial charge on any atom is -0.343 e. The van der Waals surface area contributed by atoms with Crippen LogP contribution in [0.1, 0.15) is 17.0 Å². The molecule has 0 aliphatic heterocycles. The van der Waals surface area contributed by atoms with Crippen molar-refractivity contribution >= 4 is 26.0 Å². The first-order valence-electron chi connectivity index (χ1n) is 5.68. The Bertz CT molecular complexity index is 701. The minimum atomic E-state index is -3.68. The molecule has 9 heteroatoms. The van der Waals surface area contributed by atoms with Gasteiger partial charge < -0.3 is 10.3 Å². The van der Waals surface area contributed by atoms with E-state index >= 15 is 0 Å². The third-order valence-electron chi connectivity index (χ3n) is 2.71. The smallest absolute Gasteiger partial charge is 0.241 e. The molecule has 1 aromatic heterocycles. The summed E-state index contributed by atoms with van der Waals surface area (Å²) in [6.07, 6.45) is 1.14. The Hall–Kier alpha value is -1.29. The number of rotatable bonds is 5. The van der Waals surface area contributed by atoms with Crippen molar-refractivity contribution in [3.8, 4) is 0 Å². The zero-order chi connectivity index (χ0) is 14.8. The molecular formula is C11H13BrN4O3S. The number of nitrogens with zero attached hydrogens (tertiary/aromatic N) is 2. The summed E-state index contributed by atoms with van der Waals surface area (Å²) >= 11 is 3.33. The van der Waals surface area contributed by atoms with E-state index in [0.717, 1.165) is 12.0 Å². The standard InChI is InChI=1S/C11H13BrN4O3S/c1-7-9(12)2-8(4-13)3-10(7)20(17,18)15-5-11-14-6-19-16-11/h2-3,6,15H,4-5,13H2,1H3. The van der Waals surface area contributed by atoms with Crippen molar-refractivity contribution in [3.63, 3.8) is 0 Å². The van der Waals surface area contributed by atoms with E-state index in [1.165, 1.54) is 0 Å². The van der Waals surface area contributed by atoms with Gasteiger partial charge in [0.15, 0.2) is 5.82 Å². The lowest BCUT2D eigenvalue weighted by Crippen LogP contribution is -2.25. The molecule has 0 amide bonds. The third kappa shape index (κ3) is 3.23. The van der Waals surface area contributed by atoms with Crippen LogP contribution in [0.4, 0.5) is 0 Å². The molecule has 0 spiro atoms. The number of aromatic nitrogens is 2. The Morgan fingerprint density at radius 1 is 1.45 bits per heavy atom. The van der Waals surface area contributed by atoms with Gasteiger partial charge in [0, 0.05) is 11.0 Å². The molecule has 0 radical (unpaired) electrons. The van der Waals surface area contributed by atoms with Crippen LogP contribution < -0.4 is 10.5 Å². The predicted octanol–water partition coefficient (Wildman–Crippen LogP) is 1.08. The maximum absolute atomic E-state index is 12.3. The molecule has 2 aromatic rings. The van der Waals surface area contributed by atoms with Crippen molar-refractivity contribution < 1.29 is 12.9 Å². The van der Waals surface area contributed by atoms with E-state index in [-0.39, 0.29) is 23.8 Å². The van der Waals surface area contributed by atoms with Gasteiger partial charge in [0.05, 0.1) is 11.4 Å². The van der Waals surface area contributed by atoms with Crippen LogP contribution in [0.15, 0.2) is 32.4 Å². The van der Waals surface area contributed by atoms with Crippen LogP contribution in [0, 0.1) is 6.92 Å². The van der Waals surface area contributed by atoms with Gasteiger partial charge in [-0.15, -0.1) is 0 Å². The Labute approximate surface area is 124 Å². The summed E-state index contributed by atoms with van der Waals surface area (Å²) in [4.78, 5) is 3.93. The van der Waals surface area contributed by atoms with E-state index in [0.29, 0.717) is 10.0 Å². The Morgan fingerprint density at radius 3 is 2.80 bits per heavy atom. The highest BCUT2D eigenvalue weighted by Gasteiger charge is 2.19. The van der Waals surface area contributed by atoms with E-state index in [4.69, 9.17) is 5.73 Å². The number of halogens is 1. The van der Waals surface area contributed by atoms with Crippen LogP contribution in [0.2, 0.25) is 0 Å². The molecule has 0 bridgehead atoms. The summed E-state index contributed by atoms with van der Waals surface area (Å²) < 4.78 is 32.3. The van der Waals surface area contributed by atoms with E-state index in [1.807, 2.05) is 0 Å². The first-order chi connectivity index (χ1) is 9.44. The van der Waals surface area contributed by atoms with Crippen LogP contribution in [-0.4, -0.2) is 18.6 Å². The van der Waals surface area contributed by atoms with Crippen LogP contribution in [0.3, 0.4) is 0 Å². The maximum atomic E-state index is 12.3. The molecule has 7 nitrogen and oxygen atoms in total.